The van der Waals surface area contributed by atoms with Gasteiger partial charge in [-0.3, -0.25) is 0 Å². The molecule has 0 aliphatic carbocycles. The summed E-state index contributed by atoms with van der Waals surface area (Å²) in [6.07, 6.45) is 0. The number of hydrogen-bond donors (Lipinski definition) is 1. The van der Waals surface area contributed by atoms with Gasteiger partial charge >= 0.3 is 0 Å². The molecule has 1 aromatic rings. The van der Waals surface area contributed by atoms with E-state index in [1.807, 2.05) is 0 Å². The molecule has 1 aromatic carbocycles. The van der Waals surface area contributed by atoms with Crippen LogP contribution in [0.4, 0.5) is 0 Å². The van der Waals surface area contributed by atoms with Crippen molar-refractivity contribution in [2.24, 2.45) is 0 Å². The second kappa shape index (κ2) is 3.38. The lowest BCUT2D eigenvalue weighted by atomic mass is 10.1. The van der Waals surface area contributed by atoms with Crippen LogP contribution >= 0.6 is 0 Å². The molecule has 1 unspecified atom stereocenters. The molecule has 1 N–H and O–H groups in total. The summed E-state index contributed by atoms with van der Waals surface area (Å²) in [6.45, 7) is 5.92. The van der Waals surface area contributed by atoms with Gasteiger partial charge in [-0.25, -0.2) is 0 Å². The molecule has 0 amide bonds. The van der Waals surface area contributed by atoms with Crippen molar-refractivity contribution in [1.82, 2.24) is 5.32 Å². The first-order valence-electron chi connectivity index (χ1n) is 4.71. The Bertz CT molecular complexity index is 309. The van der Waals surface area contributed by atoms with Crippen LogP contribution in [0.3, 0.4) is 0 Å². The van der Waals surface area contributed by atoms with Crippen LogP contribution in [0.25, 0.3) is 0 Å². The maximum absolute atomic E-state index is 5.65. The van der Waals surface area contributed by atoms with E-state index in [0.717, 1.165) is 18.9 Å². The van der Waals surface area contributed by atoms with Gasteiger partial charge in [-0.2, -0.15) is 0 Å². The zero-order valence-electron chi connectivity index (χ0n) is 8.13. The van der Waals surface area contributed by atoms with Gasteiger partial charge in [0.05, 0.1) is 0 Å². The lowest BCUT2D eigenvalue weighted by Crippen LogP contribution is -2.28. The topological polar surface area (TPSA) is 21.3 Å². The molecule has 0 radical (unpaired) electrons. The van der Waals surface area contributed by atoms with Crippen molar-refractivity contribution in [3.05, 3.63) is 29.3 Å². The molecule has 1 aliphatic heterocycles. The van der Waals surface area contributed by atoms with E-state index in [2.05, 4.69) is 37.4 Å². The molecular weight excluding hydrogens is 162 g/mol. The van der Waals surface area contributed by atoms with E-state index in [9.17, 15) is 0 Å². The van der Waals surface area contributed by atoms with Gasteiger partial charge in [0.15, 0.2) is 0 Å². The molecule has 2 heteroatoms. The highest BCUT2D eigenvalue weighted by Gasteiger charge is 2.12. The lowest BCUT2D eigenvalue weighted by Gasteiger charge is -2.07. The summed E-state index contributed by atoms with van der Waals surface area (Å²) in [5.74, 6) is 1.03. The Morgan fingerprint density at radius 2 is 2.31 bits per heavy atom. The summed E-state index contributed by atoms with van der Waals surface area (Å²) in [4.78, 5) is 0. The Morgan fingerprint density at radius 3 is 3.15 bits per heavy atom. The van der Waals surface area contributed by atoms with Crippen molar-refractivity contribution in [2.45, 2.75) is 26.4 Å². The number of aryl methyl sites for hydroxylation is 1. The maximum atomic E-state index is 5.65. The van der Waals surface area contributed by atoms with Crippen LogP contribution < -0.4 is 10.1 Å². The molecule has 0 saturated heterocycles. The SMILES string of the molecule is Cc1ccc2c(c1)CNC(C)CO2. The van der Waals surface area contributed by atoms with E-state index in [-0.39, 0.29) is 0 Å². The van der Waals surface area contributed by atoms with Crippen molar-refractivity contribution in [1.29, 1.82) is 0 Å². The third-order valence-electron chi connectivity index (χ3n) is 2.35. The minimum absolute atomic E-state index is 0.438. The average Bonchev–Trinajstić information content (AvgIpc) is 2.29. The van der Waals surface area contributed by atoms with E-state index >= 15 is 0 Å². The summed E-state index contributed by atoms with van der Waals surface area (Å²) in [5.41, 5.74) is 2.56. The first kappa shape index (κ1) is 8.57. The highest BCUT2D eigenvalue weighted by molar-refractivity contribution is 5.37. The Balaban J connectivity index is 2.30. The van der Waals surface area contributed by atoms with Crippen LogP contribution in [0.5, 0.6) is 5.75 Å². The lowest BCUT2D eigenvalue weighted by molar-refractivity contribution is 0.287. The molecule has 0 spiro atoms. The predicted molar refractivity (Wildman–Crippen MR) is 53.0 cm³/mol. The number of ether oxygens (including phenoxy) is 1. The summed E-state index contributed by atoms with van der Waals surface area (Å²) in [6, 6.07) is 6.77. The molecule has 1 atom stereocenters. The fourth-order valence-corrected chi connectivity index (χ4v) is 1.55. The van der Waals surface area contributed by atoms with Gasteiger partial charge in [0, 0.05) is 18.2 Å². The molecule has 2 nitrogen and oxygen atoms in total. The predicted octanol–water partition coefficient (Wildman–Crippen LogP) is 1.87. The smallest absolute Gasteiger partial charge is 0.123 e. The summed E-state index contributed by atoms with van der Waals surface area (Å²) < 4.78 is 5.65. The molecule has 1 heterocycles. The third-order valence-corrected chi connectivity index (χ3v) is 2.35. The fraction of sp³-hybridized carbons (Fsp3) is 0.455. The summed E-state index contributed by atoms with van der Waals surface area (Å²) in [5, 5.41) is 3.40. The number of fused-ring (bicyclic) bond motifs is 1. The standard InChI is InChI=1S/C11H15NO/c1-8-3-4-11-10(5-8)6-12-9(2)7-13-11/h3-5,9,12H,6-7H2,1-2H3. The van der Waals surface area contributed by atoms with Crippen molar-refractivity contribution in [3.63, 3.8) is 0 Å². The second-order valence-electron chi connectivity index (χ2n) is 3.70. The van der Waals surface area contributed by atoms with Crippen molar-refractivity contribution < 1.29 is 4.74 Å². The van der Waals surface area contributed by atoms with Crippen molar-refractivity contribution >= 4 is 0 Å². The Morgan fingerprint density at radius 1 is 1.46 bits per heavy atom. The Kier molecular flexibility index (Phi) is 2.23. The molecule has 0 saturated carbocycles. The van der Waals surface area contributed by atoms with Gasteiger partial charge in [0.25, 0.3) is 0 Å². The molecular formula is C11H15NO. The highest BCUT2D eigenvalue weighted by Crippen LogP contribution is 2.21. The first-order valence-corrected chi connectivity index (χ1v) is 4.71. The van der Waals surface area contributed by atoms with Crippen LogP contribution in [-0.4, -0.2) is 12.6 Å². The first-order chi connectivity index (χ1) is 6.25. The van der Waals surface area contributed by atoms with E-state index in [4.69, 9.17) is 4.74 Å². The van der Waals surface area contributed by atoms with Crippen LogP contribution in [0.1, 0.15) is 18.1 Å². The van der Waals surface area contributed by atoms with Crippen molar-refractivity contribution in [2.75, 3.05) is 6.61 Å². The fourth-order valence-electron chi connectivity index (χ4n) is 1.55. The third kappa shape index (κ3) is 1.83. The minimum Gasteiger partial charge on any atom is -0.492 e. The van der Waals surface area contributed by atoms with Gasteiger partial charge < -0.3 is 10.1 Å². The molecule has 0 aromatic heterocycles. The minimum atomic E-state index is 0.438. The van der Waals surface area contributed by atoms with Crippen LogP contribution in [0, 0.1) is 6.92 Å². The normalized spacial score (nSPS) is 21.5. The maximum Gasteiger partial charge on any atom is 0.123 e. The monoisotopic (exact) mass is 177 g/mol. The zero-order valence-corrected chi connectivity index (χ0v) is 8.13. The molecule has 0 bridgehead atoms. The highest BCUT2D eigenvalue weighted by atomic mass is 16.5. The summed E-state index contributed by atoms with van der Waals surface area (Å²) in [7, 11) is 0. The summed E-state index contributed by atoms with van der Waals surface area (Å²) >= 11 is 0. The van der Waals surface area contributed by atoms with Gasteiger partial charge in [-0.15, -0.1) is 0 Å². The van der Waals surface area contributed by atoms with E-state index < -0.39 is 0 Å². The molecule has 0 fully saturated rings. The number of nitrogens with one attached hydrogen (secondary N) is 1. The molecule has 1 aliphatic rings. The second-order valence-corrected chi connectivity index (χ2v) is 3.70. The van der Waals surface area contributed by atoms with E-state index in [1.54, 1.807) is 0 Å². The van der Waals surface area contributed by atoms with Gasteiger partial charge in [0.1, 0.15) is 12.4 Å². The van der Waals surface area contributed by atoms with E-state index in [0.29, 0.717) is 6.04 Å². The number of benzene rings is 1. The van der Waals surface area contributed by atoms with Crippen LogP contribution in [0.2, 0.25) is 0 Å². The van der Waals surface area contributed by atoms with Crippen LogP contribution in [0.15, 0.2) is 18.2 Å². The Hall–Kier alpha value is -1.02. The Labute approximate surface area is 78.9 Å². The average molecular weight is 177 g/mol. The molecule has 2 rings (SSSR count). The molecule has 70 valence electrons. The zero-order chi connectivity index (χ0) is 9.26. The van der Waals surface area contributed by atoms with Gasteiger partial charge in [-0.1, -0.05) is 17.7 Å². The van der Waals surface area contributed by atoms with Gasteiger partial charge in [-0.05, 0) is 19.9 Å². The van der Waals surface area contributed by atoms with Gasteiger partial charge in [0.2, 0.25) is 0 Å². The largest absolute Gasteiger partial charge is 0.492 e. The molecule has 13 heavy (non-hydrogen) atoms. The quantitative estimate of drug-likeness (QED) is 0.653. The van der Waals surface area contributed by atoms with Crippen molar-refractivity contribution in [3.8, 4) is 5.75 Å². The van der Waals surface area contributed by atoms with Crippen LogP contribution in [-0.2, 0) is 6.54 Å². The number of hydrogen-bond acceptors (Lipinski definition) is 2. The van der Waals surface area contributed by atoms with E-state index in [1.165, 1.54) is 11.1 Å². The number of rotatable bonds is 0.